The molecule has 0 radical (unpaired) electrons. The second-order valence-electron chi connectivity index (χ2n) is 6.22. The van der Waals surface area contributed by atoms with Crippen molar-refractivity contribution in [1.82, 2.24) is 15.1 Å². The van der Waals surface area contributed by atoms with Crippen LogP contribution in [0.1, 0.15) is 46.0 Å². The number of amides is 2. The van der Waals surface area contributed by atoms with E-state index in [4.69, 9.17) is 0 Å². The number of nitrogens with one attached hydrogen (secondary N) is 1. The molecule has 2 fully saturated rings. The molecule has 5 heteroatoms. The SMILES string of the molecule is CC(C)NC1CCCN(CC(=O)N2CCCCC2)C1=O. The van der Waals surface area contributed by atoms with Gasteiger partial charge in [0, 0.05) is 25.7 Å². The van der Waals surface area contributed by atoms with Crippen LogP contribution in [0, 0.1) is 0 Å². The van der Waals surface area contributed by atoms with E-state index in [9.17, 15) is 9.59 Å². The van der Waals surface area contributed by atoms with Gasteiger partial charge in [0.15, 0.2) is 0 Å². The molecule has 1 atom stereocenters. The van der Waals surface area contributed by atoms with Gasteiger partial charge in [-0.05, 0) is 32.1 Å². The zero-order valence-electron chi connectivity index (χ0n) is 12.7. The van der Waals surface area contributed by atoms with Gasteiger partial charge in [-0.15, -0.1) is 0 Å². The second kappa shape index (κ2) is 7.07. The van der Waals surface area contributed by atoms with E-state index in [1.54, 1.807) is 4.90 Å². The molecule has 2 aliphatic heterocycles. The summed E-state index contributed by atoms with van der Waals surface area (Å²) < 4.78 is 0. The van der Waals surface area contributed by atoms with Crippen molar-refractivity contribution >= 4 is 11.8 Å². The predicted molar refractivity (Wildman–Crippen MR) is 78.3 cm³/mol. The van der Waals surface area contributed by atoms with E-state index in [0.717, 1.165) is 38.8 Å². The lowest BCUT2D eigenvalue weighted by Crippen LogP contribution is -2.55. The maximum absolute atomic E-state index is 12.4. The third-order valence-electron chi connectivity index (χ3n) is 4.10. The van der Waals surface area contributed by atoms with Crippen molar-refractivity contribution in [3.05, 3.63) is 0 Å². The standard InChI is InChI=1S/C15H27N3O2/c1-12(2)16-13-7-6-10-18(15(13)20)11-14(19)17-8-4-3-5-9-17/h12-13,16H,3-11H2,1-2H3. The third kappa shape index (κ3) is 3.95. The highest BCUT2D eigenvalue weighted by atomic mass is 16.2. The van der Waals surface area contributed by atoms with Crippen LogP contribution in [0.4, 0.5) is 0 Å². The smallest absolute Gasteiger partial charge is 0.242 e. The monoisotopic (exact) mass is 281 g/mol. The Labute approximate surface area is 121 Å². The molecule has 2 rings (SSSR count). The van der Waals surface area contributed by atoms with Crippen molar-refractivity contribution in [2.45, 2.75) is 58.0 Å². The Kier molecular flexibility index (Phi) is 5.40. The van der Waals surface area contributed by atoms with E-state index in [-0.39, 0.29) is 24.4 Å². The second-order valence-corrected chi connectivity index (χ2v) is 6.22. The summed E-state index contributed by atoms with van der Waals surface area (Å²) in [4.78, 5) is 28.3. The summed E-state index contributed by atoms with van der Waals surface area (Å²) in [6.07, 6.45) is 5.26. The normalized spacial score (nSPS) is 24.4. The van der Waals surface area contributed by atoms with Gasteiger partial charge in [-0.2, -0.15) is 0 Å². The van der Waals surface area contributed by atoms with E-state index in [1.807, 2.05) is 18.7 Å². The Bertz CT molecular complexity index is 351. The summed E-state index contributed by atoms with van der Waals surface area (Å²) in [6.45, 7) is 6.78. The average molecular weight is 281 g/mol. The quantitative estimate of drug-likeness (QED) is 0.836. The molecule has 2 amide bonds. The first-order valence-electron chi connectivity index (χ1n) is 7.90. The highest BCUT2D eigenvalue weighted by Crippen LogP contribution is 2.14. The topological polar surface area (TPSA) is 52.7 Å². The van der Waals surface area contributed by atoms with Gasteiger partial charge in [0.25, 0.3) is 0 Å². The fourth-order valence-corrected chi connectivity index (χ4v) is 3.06. The predicted octanol–water partition coefficient (Wildman–Crippen LogP) is 0.988. The molecule has 0 aromatic heterocycles. The minimum Gasteiger partial charge on any atom is -0.341 e. The van der Waals surface area contributed by atoms with Crippen LogP contribution in [0.5, 0.6) is 0 Å². The van der Waals surface area contributed by atoms with Gasteiger partial charge in [0.05, 0.1) is 12.6 Å². The number of piperidine rings is 2. The van der Waals surface area contributed by atoms with E-state index in [2.05, 4.69) is 5.32 Å². The molecule has 2 saturated heterocycles. The summed E-state index contributed by atoms with van der Waals surface area (Å²) in [5, 5.41) is 3.30. The molecule has 1 N–H and O–H groups in total. The van der Waals surface area contributed by atoms with E-state index < -0.39 is 0 Å². The molecular weight excluding hydrogens is 254 g/mol. The summed E-state index contributed by atoms with van der Waals surface area (Å²) in [6, 6.07) is 0.180. The number of carbonyl (C=O) groups excluding carboxylic acids is 2. The van der Waals surface area contributed by atoms with Gasteiger partial charge in [-0.3, -0.25) is 9.59 Å². The summed E-state index contributed by atoms with van der Waals surface area (Å²) in [5.74, 6) is 0.207. The van der Waals surface area contributed by atoms with Crippen LogP contribution in [-0.4, -0.2) is 59.9 Å². The molecule has 0 aromatic rings. The zero-order valence-corrected chi connectivity index (χ0v) is 12.7. The van der Waals surface area contributed by atoms with Crippen molar-refractivity contribution in [2.24, 2.45) is 0 Å². The zero-order chi connectivity index (χ0) is 14.5. The molecule has 2 aliphatic rings. The molecule has 1 unspecified atom stereocenters. The van der Waals surface area contributed by atoms with Crippen LogP contribution < -0.4 is 5.32 Å². The lowest BCUT2D eigenvalue weighted by atomic mass is 10.0. The van der Waals surface area contributed by atoms with Crippen molar-refractivity contribution in [3.63, 3.8) is 0 Å². The molecule has 0 aromatic carbocycles. The number of nitrogens with zero attached hydrogens (tertiary/aromatic N) is 2. The fraction of sp³-hybridized carbons (Fsp3) is 0.867. The first-order chi connectivity index (χ1) is 9.58. The van der Waals surface area contributed by atoms with Gasteiger partial charge in [0.1, 0.15) is 0 Å². The van der Waals surface area contributed by atoms with E-state index >= 15 is 0 Å². The van der Waals surface area contributed by atoms with Crippen LogP contribution in [0.2, 0.25) is 0 Å². The lowest BCUT2D eigenvalue weighted by molar-refractivity contribution is -0.144. The molecular formula is C15H27N3O2. The minimum absolute atomic E-state index is 0.0929. The summed E-state index contributed by atoms with van der Waals surface area (Å²) >= 11 is 0. The Hall–Kier alpha value is -1.10. The maximum Gasteiger partial charge on any atom is 0.242 e. The van der Waals surface area contributed by atoms with Gasteiger partial charge in [-0.25, -0.2) is 0 Å². The fourth-order valence-electron chi connectivity index (χ4n) is 3.06. The summed E-state index contributed by atoms with van der Waals surface area (Å²) in [5.41, 5.74) is 0. The van der Waals surface area contributed by atoms with Crippen LogP contribution in [0.15, 0.2) is 0 Å². The van der Waals surface area contributed by atoms with Crippen LogP contribution in [0.25, 0.3) is 0 Å². The molecule has 0 aliphatic carbocycles. The van der Waals surface area contributed by atoms with Crippen molar-refractivity contribution < 1.29 is 9.59 Å². The van der Waals surface area contributed by atoms with Gasteiger partial charge >= 0.3 is 0 Å². The van der Waals surface area contributed by atoms with Gasteiger partial charge in [0.2, 0.25) is 11.8 Å². The van der Waals surface area contributed by atoms with E-state index in [0.29, 0.717) is 12.6 Å². The lowest BCUT2D eigenvalue weighted by Gasteiger charge is -2.35. The highest BCUT2D eigenvalue weighted by molar-refractivity contribution is 5.88. The average Bonchev–Trinajstić information content (AvgIpc) is 2.43. The minimum atomic E-state index is -0.113. The molecule has 0 spiro atoms. The van der Waals surface area contributed by atoms with Crippen LogP contribution >= 0.6 is 0 Å². The highest BCUT2D eigenvalue weighted by Gasteiger charge is 2.31. The van der Waals surface area contributed by atoms with Crippen molar-refractivity contribution in [1.29, 1.82) is 0 Å². The largest absolute Gasteiger partial charge is 0.341 e. The number of carbonyl (C=O) groups is 2. The number of likely N-dealkylation sites (tertiary alicyclic amines) is 2. The maximum atomic E-state index is 12.4. The third-order valence-corrected chi connectivity index (χ3v) is 4.10. The first kappa shape index (κ1) is 15.3. The van der Waals surface area contributed by atoms with Crippen LogP contribution in [-0.2, 0) is 9.59 Å². The van der Waals surface area contributed by atoms with Gasteiger partial charge in [-0.1, -0.05) is 13.8 Å². The Morgan fingerprint density at radius 2 is 1.90 bits per heavy atom. The molecule has 20 heavy (non-hydrogen) atoms. The molecule has 2 heterocycles. The Morgan fingerprint density at radius 1 is 1.20 bits per heavy atom. The number of hydrogen-bond donors (Lipinski definition) is 1. The summed E-state index contributed by atoms with van der Waals surface area (Å²) in [7, 11) is 0. The number of rotatable bonds is 4. The van der Waals surface area contributed by atoms with Crippen molar-refractivity contribution in [3.8, 4) is 0 Å². The molecule has 0 saturated carbocycles. The van der Waals surface area contributed by atoms with Crippen LogP contribution in [0.3, 0.4) is 0 Å². The Balaban J connectivity index is 1.87. The molecule has 114 valence electrons. The Morgan fingerprint density at radius 3 is 2.55 bits per heavy atom. The number of hydrogen-bond acceptors (Lipinski definition) is 3. The van der Waals surface area contributed by atoms with Gasteiger partial charge < -0.3 is 15.1 Å². The molecule has 0 bridgehead atoms. The van der Waals surface area contributed by atoms with Crippen molar-refractivity contribution in [2.75, 3.05) is 26.2 Å². The first-order valence-corrected chi connectivity index (χ1v) is 7.90. The molecule has 5 nitrogen and oxygen atoms in total. The van der Waals surface area contributed by atoms with E-state index in [1.165, 1.54) is 6.42 Å².